The van der Waals surface area contributed by atoms with Crippen molar-refractivity contribution in [3.8, 4) is 0 Å². The molecule has 2 heterocycles. The maximum absolute atomic E-state index is 11.9. The number of amides is 1. The third kappa shape index (κ3) is 4.38. The molecule has 0 unspecified atom stereocenters. The second-order valence-electron chi connectivity index (χ2n) is 4.93. The van der Waals surface area contributed by atoms with Crippen LogP contribution in [0.25, 0.3) is 0 Å². The number of piperidine rings is 1. The Morgan fingerprint density at radius 2 is 2.25 bits per heavy atom. The first-order chi connectivity index (χ1) is 9.69. The molecule has 1 fully saturated rings. The molecule has 0 radical (unpaired) electrons. The molecule has 0 atom stereocenters. The Balaban J connectivity index is 1.72. The van der Waals surface area contributed by atoms with Gasteiger partial charge < -0.3 is 15.4 Å². The Kier molecular flexibility index (Phi) is 5.67. The van der Waals surface area contributed by atoms with Crippen LogP contribution in [0, 0.1) is 5.21 Å². The fourth-order valence-corrected chi connectivity index (χ4v) is 3.05. The molecule has 1 saturated heterocycles. The van der Waals surface area contributed by atoms with Gasteiger partial charge in [-0.05, 0) is 37.2 Å². The molecule has 0 saturated carbocycles. The van der Waals surface area contributed by atoms with Gasteiger partial charge in [-0.25, -0.2) is 0 Å². The number of carbonyl (C=O) groups excluding carboxylic acids is 1. The fraction of sp³-hybridized carbons (Fsp3) is 0.571. The van der Waals surface area contributed by atoms with E-state index in [0.29, 0.717) is 10.8 Å². The maximum atomic E-state index is 11.9. The lowest BCUT2D eigenvalue weighted by molar-refractivity contribution is -0.645. The average Bonchev–Trinajstić information content (AvgIpc) is 2.47. The van der Waals surface area contributed by atoms with Crippen LogP contribution in [-0.4, -0.2) is 42.2 Å². The first-order valence-corrected chi connectivity index (χ1v) is 8.00. The molecule has 1 aromatic heterocycles. The lowest BCUT2D eigenvalue weighted by Crippen LogP contribution is -2.45. The molecular weight excluding hydrogens is 274 g/mol. The fourth-order valence-electron chi connectivity index (χ4n) is 2.33. The molecule has 1 aliphatic rings. The van der Waals surface area contributed by atoms with E-state index >= 15 is 0 Å². The second-order valence-corrected chi connectivity index (χ2v) is 5.93. The Morgan fingerprint density at radius 1 is 1.50 bits per heavy atom. The van der Waals surface area contributed by atoms with E-state index in [-0.39, 0.29) is 11.9 Å². The quantitative estimate of drug-likeness (QED) is 0.500. The third-order valence-electron chi connectivity index (χ3n) is 3.54. The number of thioether (sulfide) groups is 1. The molecule has 0 spiro atoms. The van der Waals surface area contributed by atoms with Gasteiger partial charge in [-0.1, -0.05) is 6.92 Å². The third-order valence-corrected chi connectivity index (χ3v) is 4.56. The number of rotatable bonds is 5. The Bertz CT molecular complexity index is 448. The van der Waals surface area contributed by atoms with Crippen LogP contribution < -0.4 is 10.0 Å². The van der Waals surface area contributed by atoms with Crippen molar-refractivity contribution in [1.82, 2.24) is 10.2 Å². The van der Waals surface area contributed by atoms with Gasteiger partial charge in [-0.2, -0.15) is 4.73 Å². The Hall–Kier alpha value is -1.27. The summed E-state index contributed by atoms with van der Waals surface area (Å²) in [5.41, 5.74) is 0. The number of nitrogens with zero attached hydrogens (tertiary/aromatic N) is 2. The highest BCUT2D eigenvalue weighted by atomic mass is 32.2. The van der Waals surface area contributed by atoms with E-state index in [1.165, 1.54) is 18.0 Å². The van der Waals surface area contributed by atoms with Gasteiger partial charge in [0, 0.05) is 31.3 Å². The summed E-state index contributed by atoms with van der Waals surface area (Å²) in [6, 6.07) is 5.49. The molecule has 110 valence electrons. The Morgan fingerprint density at radius 3 is 2.90 bits per heavy atom. The van der Waals surface area contributed by atoms with Gasteiger partial charge in [0.1, 0.15) is 0 Å². The van der Waals surface area contributed by atoms with Gasteiger partial charge in [-0.3, -0.25) is 4.79 Å². The number of hydrogen-bond acceptors (Lipinski definition) is 4. The van der Waals surface area contributed by atoms with Crippen LogP contribution in [0.2, 0.25) is 0 Å². The van der Waals surface area contributed by atoms with Crippen molar-refractivity contribution in [2.45, 2.75) is 30.8 Å². The highest BCUT2D eigenvalue weighted by Gasteiger charge is 2.20. The van der Waals surface area contributed by atoms with Crippen LogP contribution in [0.1, 0.15) is 19.8 Å². The topological polar surface area (TPSA) is 59.3 Å². The van der Waals surface area contributed by atoms with Crippen molar-refractivity contribution in [3.63, 3.8) is 0 Å². The standard InChI is InChI=1S/C14H21N3O2S/c1-2-16-9-6-12(7-10-16)15-13(18)11-20-14-5-3-4-8-17(14)19/h3-5,8,12H,2,6-7,9-11H2,1H3,(H,15,18). The van der Waals surface area contributed by atoms with Crippen LogP contribution in [0.5, 0.6) is 0 Å². The summed E-state index contributed by atoms with van der Waals surface area (Å²) in [5, 5.41) is 15.1. The molecule has 2 rings (SSSR count). The zero-order valence-corrected chi connectivity index (χ0v) is 12.6. The summed E-state index contributed by atoms with van der Waals surface area (Å²) in [6.45, 7) is 5.34. The Labute approximate surface area is 123 Å². The molecule has 0 aromatic carbocycles. The maximum Gasteiger partial charge on any atom is 0.251 e. The number of carbonyl (C=O) groups is 1. The van der Waals surface area contributed by atoms with Crippen molar-refractivity contribution >= 4 is 17.7 Å². The van der Waals surface area contributed by atoms with Gasteiger partial charge in [0.25, 0.3) is 5.03 Å². The van der Waals surface area contributed by atoms with E-state index in [2.05, 4.69) is 17.1 Å². The van der Waals surface area contributed by atoms with Crippen LogP contribution >= 0.6 is 11.8 Å². The molecule has 6 heteroatoms. The van der Waals surface area contributed by atoms with E-state index in [9.17, 15) is 10.0 Å². The van der Waals surface area contributed by atoms with Crippen LogP contribution in [0.15, 0.2) is 29.4 Å². The van der Waals surface area contributed by atoms with Gasteiger partial charge in [-0.15, -0.1) is 0 Å². The van der Waals surface area contributed by atoms with Gasteiger partial charge in [0.2, 0.25) is 5.91 Å². The average molecular weight is 295 g/mol. The molecule has 20 heavy (non-hydrogen) atoms. The van der Waals surface area contributed by atoms with E-state index in [4.69, 9.17) is 0 Å². The van der Waals surface area contributed by atoms with Gasteiger partial charge in [0.05, 0.1) is 5.75 Å². The largest absolute Gasteiger partial charge is 0.618 e. The minimum atomic E-state index is 0.00815. The first-order valence-electron chi connectivity index (χ1n) is 7.01. The molecule has 1 amide bonds. The van der Waals surface area contributed by atoms with E-state index in [0.717, 1.165) is 37.2 Å². The highest BCUT2D eigenvalue weighted by Crippen LogP contribution is 2.13. The second kappa shape index (κ2) is 7.50. The number of likely N-dealkylation sites (tertiary alicyclic amines) is 1. The number of aromatic nitrogens is 1. The van der Waals surface area contributed by atoms with Crippen LogP contribution in [-0.2, 0) is 4.79 Å². The zero-order chi connectivity index (χ0) is 14.4. The minimum Gasteiger partial charge on any atom is -0.618 e. The molecule has 1 aromatic rings. The van der Waals surface area contributed by atoms with Crippen LogP contribution in [0.3, 0.4) is 0 Å². The van der Waals surface area contributed by atoms with Crippen molar-refractivity contribution in [3.05, 3.63) is 29.6 Å². The van der Waals surface area contributed by atoms with Gasteiger partial charge in [0.15, 0.2) is 6.20 Å². The van der Waals surface area contributed by atoms with Crippen molar-refractivity contribution in [1.29, 1.82) is 0 Å². The highest BCUT2D eigenvalue weighted by molar-refractivity contribution is 7.99. The SMILES string of the molecule is CCN1CCC(NC(=O)CSc2cccc[n+]2[O-])CC1. The molecule has 1 aliphatic heterocycles. The van der Waals surface area contributed by atoms with E-state index in [1.807, 2.05) is 0 Å². The first kappa shape index (κ1) is 15.1. The summed E-state index contributed by atoms with van der Waals surface area (Å²) in [6.07, 6.45) is 3.47. The van der Waals surface area contributed by atoms with E-state index < -0.39 is 0 Å². The molecule has 0 bridgehead atoms. The normalized spacial score (nSPS) is 17.1. The van der Waals surface area contributed by atoms with E-state index in [1.54, 1.807) is 18.2 Å². The van der Waals surface area contributed by atoms with Crippen molar-refractivity contribution in [2.24, 2.45) is 0 Å². The summed E-state index contributed by atoms with van der Waals surface area (Å²) >= 11 is 1.28. The molecule has 0 aliphatic carbocycles. The number of nitrogens with one attached hydrogen (secondary N) is 1. The molecule has 1 N–H and O–H groups in total. The van der Waals surface area contributed by atoms with Gasteiger partial charge >= 0.3 is 0 Å². The summed E-state index contributed by atoms with van der Waals surface area (Å²) < 4.78 is 0.789. The number of hydrogen-bond donors (Lipinski definition) is 1. The lowest BCUT2D eigenvalue weighted by atomic mass is 10.1. The molecule has 5 nitrogen and oxygen atoms in total. The monoisotopic (exact) mass is 295 g/mol. The predicted molar refractivity (Wildman–Crippen MR) is 79.4 cm³/mol. The minimum absolute atomic E-state index is 0.00815. The number of pyridine rings is 1. The van der Waals surface area contributed by atoms with Crippen molar-refractivity contribution in [2.75, 3.05) is 25.4 Å². The zero-order valence-electron chi connectivity index (χ0n) is 11.7. The summed E-state index contributed by atoms with van der Waals surface area (Å²) in [5.74, 6) is 0.300. The summed E-state index contributed by atoms with van der Waals surface area (Å²) in [7, 11) is 0. The summed E-state index contributed by atoms with van der Waals surface area (Å²) in [4.78, 5) is 14.3. The molecular formula is C14H21N3O2S. The van der Waals surface area contributed by atoms with Crippen LogP contribution in [0.4, 0.5) is 0 Å². The predicted octanol–water partition coefficient (Wildman–Crippen LogP) is 1.01. The smallest absolute Gasteiger partial charge is 0.251 e. The lowest BCUT2D eigenvalue weighted by Gasteiger charge is -2.31. The van der Waals surface area contributed by atoms with Crippen molar-refractivity contribution < 1.29 is 9.52 Å².